The van der Waals surface area contributed by atoms with Gasteiger partial charge in [0.25, 0.3) is 0 Å². The van der Waals surface area contributed by atoms with Crippen molar-refractivity contribution in [2.24, 2.45) is 0 Å². The molecule has 0 aliphatic rings. The Morgan fingerprint density at radius 1 is 1.39 bits per heavy atom. The van der Waals surface area contributed by atoms with Gasteiger partial charge in [0.05, 0.1) is 5.39 Å². The van der Waals surface area contributed by atoms with Gasteiger partial charge < -0.3 is 10.3 Å². The maximum atomic E-state index is 11.3. The van der Waals surface area contributed by atoms with Gasteiger partial charge in [-0.05, 0) is 19.9 Å². The SMILES string of the molecule is CC(C)Nc1nc(CS(C)(=O)=O)nc2[nH]ccc12. The number of rotatable bonds is 4. The van der Waals surface area contributed by atoms with Crippen LogP contribution in [0, 0.1) is 0 Å². The molecule has 0 saturated carbocycles. The minimum absolute atomic E-state index is 0.158. The van der Waals surface area contributed by atoms with Crippen LogP contribution < -0.4 is 5.32 Å². The maximum absolute atomic E-state index is 11.3. The number of anilines is 1. The van der Waals surface area contributed by atoms with Crippen LogP contribution in [-0.4, -0.2) is 35.7 Å². The number of sulfone groups is 1. The third-order valence-electron chi connectivity index (χ3n) is 2.28. The smallest absolute Gasteiger partial charge is 0.154 e. The Kier molecular flexibility index (Phi) is 3.25. The molecular formula is C11H16N4O2S. The highest BCUT2D eigenvalue weighted by atomic mass is 32.2. The van der Waals surface area contributed by atoms with E-state index in [1.165, 1.54) is 6.26 Å². The summed E-state index contributed by atoms with van der Waals surface area (Å²) in [5.41, 5.74) is 0.645. The molecule has 2 heterocycles. The number of hydrogen-bond donors (Lipinski definition) is 2. The summed E-state index contributed by atoms with van der Waals surface area (Å²) in [6.07, 6.45) is 2.93. The van der Waals surface area contributed by atoms with E-state index < -0.39 is 9.84 Å². The summed E-state index contributed by atoms with van der Waals surface area (Å²) < 4.78 is 22.6. The molecule has 2 aromatic rings. The van der Waals surface area contributed by atoms with Gasteiger partial charge in [-0.25, -0.2) is 18.4 Å². The predicted octanol–water partition coefficient (Wildman–Crippen LogP) is 1.32. The van der Waals surface area contributed by atoms with Crippen LogP contribution in [0.2, 0.25) is 0 Å². The van der Waals surface area contributed by atoms with Crippen LogP contribution >= 0.6 is 0 Å². The summed E-state index contributed by atoms with van der Waals surface area (Å²) in [6.45, 7) is 3.99. The van der Waals surface area contributed by atoms with Gasteiger partial charge in [0.15, 0.2) is 9.84 Å². The molecule has 7 heteroatoms. The highest BCUT2D eigenvalue weighted by molar-refractivity contribution is 7.89. The van der Waals surface area contributed by atoms with Crippen LogP contribution in [0.4, 0.5) is 5.82 Å². The van der Waals surface area contributed by atoms with Gasteiger partial charge in [-0.15, -0.1) is 0 Å². The molecular weight excluding hydrogens is 252 g/mol. The molecule has 2 N–H and O–H groups in total. The fraction of sp³-hybridized carbons (Fsp3) is 0.455. The van der Waals surface area contributed by atoms with Crippen molar-refractivity contribution in [3.05, 3.63) is 18.1 Å². The summed E-state index contributed by atoms with van der Waals surface area (Å²) in [5.74, 6) is 0.805. The molecule has 0 aromatic carbocycles. The van der Waals surface area contributed by atoms with Crippen LogP contribution in [0.15, 0.2) is 12.3 Å². The number of aromatic amines is 1. The zero-order valence-corrected chi connectivity index (χ0v) is 11.4. The van der Waals surface area contributed by atoms with Crippen LogP contribution in [-0.2, 0) is 15.6 Å². The topological polar surface area (TPSA) is 87.7 Å². The van der Waals surface area contributed by atoms with E-state index in [0.29, 0.717) is 17.3 Å². The van der Waals surface area contributed by atoms with E-state index in [2.05, 4.69) is 20.3 Å². The fourth-order valence-corrected chi connectivity index (χ4v) is 2.27. The molecule has 0 atom stereocenters. The lowest BCUT2D eigenvalue weighted by molar-refractivity contribution is 0.600. The van der Waals surface area contributed by atoms with Gasteiger partial charge in [0.2, 0.25) is 0 Å². The zero-order chi connectivity index (χ0) is 13.3. The van der Waals surface area contributed by atoms with Crippen LogP contribution in [0.1, 0.15) is 19.7 Å². The Balaban J connectivity index is 2.50. The van der Waals surface area contributed by atoms with Gasteiger partial charge in [-0.2, -0.15) is 0 Å². The minimum atomic E-state index is -3.14. The second kappa shape index (κ2) is 4.56. The van der Waals surface area contributed by atoms with E-state index in [9.17, 15) is 8.42 Å². The van der Waals surface area contributed by atoms with Crippen molar-refractivity contribution in [3.8, 4) is 0 Å². The lowest BCUT2D eigenvalue weighted by Crippen LogP contribution is -2.14. The minimum Gasteiger partial charge on any atom is -0.367 e. The van der Waals surface area contributed by atoms with E-state index in [0.717, 1.165) is 5.39 Å². The Bertz CT molecular complexity index is 661. The summed E-state index contributed by atoms with van der Waals surface area (Å²) in [6, 6.07) is 2.08. The van der Waals surface area contributed by atoms with E-state index in [1.54, 1.807) is 6.20 Å². The van der Waals surface area contributed by atoms with E-state index >= 15 is 0 Å². The molecule has 2 rings (SSSR count). The molecule has 0 radical (unpaired) electrons. The second-order valence-electron chi connectivity index (χ2n) is 4.60. The van der Waals surface area contributed by atoms with Crippen molar-refractivity contribution in [2.45, 2.75) is 25.6 Å². The van der Waals surface area contributed by atoms with Gasteiger partial charge in [0.1, 0.15) is 23.0 Å². The Morgan fingerprint density at radius 2 is 2.11 bits per heavy atom. The Hall–Kier alpha value is -1.63. The van der Waals surface area contributed by atoms with Crippen molar-refractivity contribution in [2.75, 3.05) is 11.6 Å². The molecule has 0 aliphatic heterocycles. The summed E-state index contributed by atoms with van der Waals surface area (Å²) in [5, 5.41) is 4.06. The van der Waals surface area contributed by atoms with Crippen molar-refractivity contribution in [3.63, 3.8) is 0 Å². The molecule has 0 unspecified atom stereocenters. The Morgan fingerprint density at radius 3 is 2.72 bits per heavy atom. The number of hydrogen-bond acceptors (Lipinski definition) is 5. The molecule has 2 aromatic heterocycles. The number of nitrogens with one attached hydrogen (secondary N) is 2. The molecule has 6 nitrogen and oxygen atoms in total. The van der Waals surface area contributed by atoms with Crippen molar-refractivity contribution >= 4 is 26.7 Å². The van der Waals surface area contributed by atoms with Crippen LogP contribution in [0.3, 0.4) is 0 Å². The van der Waals surface area contributed by atoms with E-state index in [1.807, 2.05) is 19.9 Å². The second-order valence-corrected chi connectivity index (χ2v) is 6.74. The van der Waals surface area contributed by atoms with Gasteiger partial charge >= 0.3 is 0 Å². The maximum Gasteiger partial charge on any atom is 0.154 e. The lowest BCUT2D eigenvalue weighted by Gasteiger charge is -2.11. The van der Waals surface area contributed by atoms with Crippen LogP contribution in [0.25, 0.3) is 11.0 Å². The molecule has 98 valence electrons. The monoisotopic (exact) mass is 268 g/mol. The first kappa shape index (κ1) is 12.8. The number of fused-ring (bicyclic) bond motifs is 1. The van der Waals surface area contributed by atoms with E-state index in [-0.39, 0.29) is 11.8 Å². The summed E-state index contributed by atoms with van der Waals surface area (Å²) in [4.78, 5) is 11.5. The third-order valence-corrected chi connectivity index (χ3v) is 3.06. The first-order valence-corrected chi connectivity index (χ1v) is 7.69. The van der Waals surface area contributed by atoms with E-state index in [4.69, 9.17) is 0 Å². The van der Waals surface area contributed by atoms with Crippen molar-refractivity contribution in [1.82, 2.24) is 15.0 Å². The summed E-state index contributed by atoms with van der Waals surface area (Å²) >= 11 is 0. The quantitative estimate of drug-likeness (QED) is 0.873. The first-order chi connectivity index (χ1) is 8.35. The largest absolute Gasteiger partial charge is 0.367 e. The van der Waals surface area contributed by atoms with Gasteiger partial charge in [0, 0.05) is 18.5 Å². The first-order valence-electron chi connectivity index (χ1n) is 5.63. The van der Waals surface area contributed by atoms with Crippen molar-refractivity contribution in [1.29, 1.82) is 0 Å². The molecule has 18 heavy (non-hydrogen) atoms. The van der Waals surface area contributed by atoms with Gasteiger partial charge in [-0.1, -0.05) is 0 Å². The highest BCUT2D eigenvalue weighted by Gasteiger charge is 2.13. The number of aromatic nitrogens is 3. The summed E-state index contributed by atoms with van der Waals surface area (Å²) in [7, 11) is -3.14. The average Bonchev–Trinajstić information content (AvgIpc) is 2.61. The third kappa shape index (κ3) is 2.98. The predicted molar refractivity (Wildman–Crippen MR) is 71.2 cm³/mol. The normalized spacial score (nSPS) is 12.2. The number of nitrogens with zero attached hydrogens (tertiary/aromatic N) is 2. The van der Waals surface area contributed by atoms with Crippen molar-refractivity contribution < 1.29 is 8.42 Å². The molecule has 0 amide bonds. The molecule has 0 aliphatic carbocycles. The molecule has 0 saturated heterocycles. The standard InChI is InChI=1S/C11H16N4O2S/c1-7(2)13-11-8-4-5-12-10(8)14-9(15-11)6-18(3,16)17/h4-5,7H,6H2,1-3H3,(H2,12,13,14,15). The molecule has 0 fully saturated rings. The number of H-pyrrole nitrogens is 1. The molecule has 0 spiro atoms. The zero-order valence-electron chi connectivity index (χ0n) is 10.6. The average molecular weight is 268 g/mol. The lowest BCUT2D eigenvalue weighted by atomic mass is 10.3. The Labute approximate surface area is 106 Å². The van der Waals surface area contributed by atoms with Gasteiger partial charge in [-0.3, -0.25) is 0 Å². The molecule has 0 bridgehead atoms. The highest BCUT2D eigenvalue weighted by Crippen LogP contribution is 2.20. The van der Waals surface area contributed by atoms with Crippen LogP contribution in [0.5, 0.6) is 0 Å². The fourth-order valence-electron chi connectivity index (χ4n) is 1.67.